The fraction of sp³-hybridized carbons (Fsp3) is 0.667. The van der Waals surface area contributed by atoms with Crippen molar-refractivity contribution in [1.82, 2.24) is 29.7 Å². The lowest BCUT2D eigenvalue weighted by Crippen LogP contribution is -2.41. The van der Waals surface area contributed by atoms with E-state index in [9.17, 15) is 24.4 Å². The van der Waals surface area contributed by atoms with E-state index in [1.54, 1.807) is 20.8 Å². The van der Waals surface area contributed by atoms with Crippen molar-refractivity contribution in [3.8, 4) is 5.88 Å². The Kier molecular flexibility index (Phi) is 8.14. The summed E-state index contributed by atoms with van der Waals surface area (Å²) in [6.45, 7) is 3.59. The van der Waals surface area contributed by atoms with Gasteiger partial charge in [-0.05, 0) is 20.8 Å². The van der Waals surface area contributed by atoms with Gasteiger partial charge in [0.15, 0.2) is 11.2 Å². The SMILES string of the molecule is CCOC(=O)CNP(=O)(NCC(=O)OCC)OC[C@H]1OC2(C)[C@@H](n3cnc4c(OC)nc(N)nc43)C2(O)C1O. The zero-order valence-corrected chi connectivity index (χ0v) is 22.7. The van der Waals surface area contributed by atoms with E-state index >= 15 is 0 Å². The van der Waals surface area contributed by atoms with Gasteiger partial charge in [-0.25, -0.2) is 15.2 Å². The molecule has 216 valence electrons. The maximum absolute atomic E-state index is 13.3. The number of rotatable bonds is 13. The Hall–Kier alpha value is -2.92. The maximum Gasteiger partial charge on any atom is 0.341 e. The molecule has 1 saturated heterocycles. The number of aromatic nitrogens is 4. The normalized spacial score (nSPS) is 27.8. The fourth-order valence-electron chi connectivity index (χ4n) is 4.78. The van der Waals surface area contributed by atoms with Gasteiger partial charge in [0, 0.05) is 0 Å². The van der Waals surface area contributed by atoms with Crippen molar-refractivity contribution in [3.63, 3.8) is 0 Å². The summed E-state index contributed by atoms with van der Waals surface area (Å²) < 4.78 is 41.2. The molecule has 5 atom stereocenters. The van der Waals surface area contributed by atoms with E-state index in [4.69, 9.17) is 29.2 Å². The number of esters is 2. The third kappa shape index (κ3) is 5.18. The number of hydrogen-bond acceptors (Lipinski definition) is 14. The van der Waals surface area contributed by atoms with Crippen LogP contribution in [0.2, 0.25) is 0 Å². The van der Waals surface area contributed by atoms with Gasteiger partial charge in [-0.15, -0.1) is 0 Å². The average molecular weight is 574 g/mol. The zero-order valence-electron chi connectivity index (χ0n) is 21.8. The first-order valence-corrected chi connectivity index (χ1v) is 13.7. The van der Waals surface area contributed by atoms with Crippen LogP contribution in [0, 0.1) is 0 Å². The van der Waals surface area contributed by atoms with E-state index < -0.39 is 68.8 Å². The molecule has 2 aliphatic rings. The summed E-state index contributed by atoms with van der Waals surface area (Å²) in [6, 6.07) is -0.809. The molecule has 18 heteroatoms. The average Bonchev–Trinajstić information content (AvgIpc) is 3.11. The summed E-state index contributed by atoms with van der Waals surface area (Å²) in [4.78, 5) is 35.9. The molecule has 6 N–H and O–H groups in total. The lowest BCUT2D eigenvalue weighted by atomic mass is 10.1. The van der Waals surface area contributed by atoms with E-state index in [2.05, 4.69) is 25.1 Å². The summed E-state index contributed by atoms with van der Waals surface area (Å²) >= 11 is 0. The number of hydrogen-bond donors (Lipinski definition) is 5. The van der Waals surface area contributed by atoms with Gasteiger partial charge in [0.2, 0.25) is 11.8 Å². The monoisotopic (exact) mass is 573 g/mol. The first kappa shape index (κ1) is 29.1. The third-order valence-corrected chi connectivity index (χ3v) is 8.28. The molecule has 0 radical (unpaired) electrons. The molecule has 1 saturated carbocycles. The van der Waals surface area contributed by atoms with Gasteiger partial charge < -0.3 is 44.0 Å². The summed E-state index contributed by atoms with van der Waals surface area (Å²) in [5.74, 6) is -1.32. The number of fused-ring (bicyclic) bond motifs is 2. The molecule has 2 aromatic rings. The second kappa shape index (κ2) is 10.9. The molecule has 2 fully saturated rings. The van der Waals surface area contributed by atoms with Crippen molar-refractivity contribution < 1.29 is 47.8 Å². The highest BCUT2D eigenvalue weighted by molar-refractivity contribution is 7.54. The zero-order chi connectivity index (χ0) is 28.6. The summed E-state index contributed by atoms with van der Waals surface area (Å²) in [5.41, 5.74) is 3.26. The topological polar surface area (TPSA) is 232 Å². The molecule has 3 heterocycles. The molecule has 4 rings (SSSR count). The molecule has 1 aliphatic carbocycles. The van der Waals surface area contributed by atoms with E-state index in [1.807, 2.05) is 0 Å². The predicted octanol–water partition coefficient (Wildman–Crippen LogP) is -1.35. The van der Waals surface area contributed by atoms with Crippen LogP contribution in [-0.4, -0.2) is 105 Å². The predicted molar refractivity (Wildman–Crippen MR) is 132 cm³/mol. The van der Waals surface area contributed by atoms with E-state index in [1.165, 1.54) is 18.0 Å². The summed E-state index contributed by atoms with van der Waals surface area (Å²) in [6.07, 6.45) is -1.21. The minimum Gasteiger partial charge on any atom is -0.479 e. The Morgan fingerprint density at radius 1 is 1.21 bits per heavy atom. The number of nitrogen functional groups attached to an aromatic ring is 1. The first-order chi connectivity index (χ1) is 18.4. The molecule has 0 spiro atoms. The quantitative estimate of drug-likeness (QED) is 0.138. The fourth-order valence-corrected chi connectivity index (χ4v) is 6.11. The highest BCUT2D eigenvalue weighted by Crippen LogP contribution is 2.67. The summed E-state index contributed by atoms with van der Waals surface area (Å²) in [5, 5.41) is 27.3. The van der Waals surface area contributed by atoms with Gasteiger partial charge in [0.05, 0.1) is 33.3 Å². The van der Waals surface area contributed by atoms with Crippen molar-refractivity contribution in [1.29, 1.82) is 0 Å². The number of ether oxygens (including phenoxy) is 4. The third-order valence-electron chi connectivity index (χ3n) is 6.62. The molecule has 2 aromatic heterocycles. The van der Waals surface area contributed by atoms with Crippen molar-refractivity contribution in [2.24, 2.45) is 0 Å². The van der Waals surface area contributed by atoms with Crippen LogP contribution < -0.4 is 20.6 Å². The Labute approximate surface area is 222 Å². The number of nitrogens with one attached hydrogen (secondary N) is 2. The largest absolute Gasteiger partial charge is 0.479 e. The number of imidazole rings is 1. The van der Waals surface area contributed by atoms with Crippen LogP contribution in [-0.2, 0) is 32.9 Å². The lowest BCUT2D eigenvalue weighted by Gasteiger charge is -2.26. The van der Waals surface area contributed by atoms with E-state index in [0.717, 1.165) is 0 Å². The van der Waals surface area contributed by atoms with Crippen LogP contribution in [0.25, 0.3) is 11.2 Å². The van der Waals surface area contributed by atoms with E-state index in [0.29, 0.717) is 5.52 Å². The van der Waals surface area contributed by atoms with Gasteiger partial charge >= 0.3 is 19.6 Å². The van der Waals surface area contributed by atoms with Crippen LogP contribution in [0.4, 0.5) is 5.95 Å². The molecular weight excluding hydrogens is 541 g/mol. The maximum atomic E-state index is 13.3. The van der Waals surface area contributed by atoms with Gasteiger partial charge in [-0.1, -0.05) is 0 Å². The van der Waals surface area contributed by atoms with Crippen molar-refractivity contribution >= 4 is 36.7 Å². The Morgan fingerprint density at radius 3 is 2.33 bits per heavy atom. The van der Waals surface area contributed by atoms with Gasteiger partial charge in [0.25, 0.3) is 0 Å². The number of aliphatic hydroxyl groups is 2. The standard InChI is InChI=1S/C21H32N7O10P/c1-5-35-12(29)7-24-39(33,25-8-13(30)36-6-2)37-9-11-15(31)21(32)18(20(21,3)38-11)28-10-23-14-16(28)26-19(22)27-17(14)34-4/h10-11,15,18,31-32H,5-9H2,1-4H3,(H2,22,26,27)(H2,24,25,33)/t11-,15?,18-,20?,21?/m1/s1. The number of methoxy groups -OCH3 is 1. The highest BCUT2D eigenvalue weighted by Gasteiger charge is 2.85. The molecule has 0 bridgehead atoms. The Bertz CT molecular complexity index is 1270. The van der Waals surface area contributed by atoms with Gasteiger partial charge in [0.1, 0.15) is 42.5 Å². The number of anilines is 1. The van der Waals surface area contributed by atoms with Crippen molar-refractivity contribution in [3.05, 3.63) is 6.33 Å². The molecule has 3 unspecified atom stereocenters. The Balaban J connectivity index is 1.47. The second-order valence-electron chi connectivity index (χ2n) is 8.98. The number of carbonyl (C=O) groups is 2. The minimum absolute atomic E-state index is 0.0711. The number of nitrogens with two attached hydrogens (primary N) is 1. The molecule has 0 amide bonds. The van der Waals surface area contributed by atoms with E-state index in [-0.39, 0.29) is 30.7 Å². The molecule has 39 heavy (non-hydrogen) atoms. The van der Waals surface area contributed by atoms with Crippen molar-refractivity contribution in [2.75, 3.05) is 45.8 Å². The highest BCUT2D eigenvalue weighted by atomic mass is 31.2. The summed E-state index contributed by atoms with van der Waals surface area (Å²) in [7, 11) is -2.64. The first-order valence-electron chi connectivity index (χ1n) is 12.1. The lowest BCUT2D eigenvalue weighted by molar-refractivity contribution is -0.142. The van der Waals surface area contributed by atoms with Crippen LogP contribution >= 0.6 is 7.67 Å². The molecule has 0 aromatic carbocycles. The molecular formula is C21H32N7O10P. The molecule has 1 aliphatic heterocycles. The van der Waals surface area contributed by atoms with Crippen LogP contribution in [0.15, 0.2) is 6.33 Å². The van der Waals surface area contributed by atoms with Gasteiger partial charge in [-0.2, -0.15) is 9.97 Å². The van der Waals surface area contributed by atoms with Gasteiger partial charge in [-0.3, -0.25) is 14.2 Å². The van der Waals surface area contributed by atoms with Crippen LogP contribution in [0.1, 0.15) is 26.8 Å². The van der Waals surface area contributed by atoms with Crippen molar-refractivity contribution in [2.45, 2.75) is 50.2 Å². The Morgan fingerprint density at radius 2 is 1.82 bits per heavy atom. The minimum atomic E-state index is -4.05. The number of nitrogens with zero attached hydrogens (tertiary/aromatic N) is 4. The number of carbonyl (C=O) groups excluding carboxylic acids is 2. The van der Waals surface area contributed by atoms with Crippen LogP contribution in [0.3, 0.4) is 0 Å². The smallest absolute Gasteiger partial charge is 0.341 e. The second-order valence-corrected chi connectivity index (χ2v) is 11.0. The van der Waals surface area contributed by atoms with Crippen LogP contribution in [0.5, 0.6) is 5.88 Å². The number of aliphatic hydroxyl groups excluding tert-OH is 1. The molecule has 17 nitrogen and oxygen atoms in total.